The molecular formula is C15H17F2N3O2. The summed E-state index contributed by atoms with van der Waals surface area (Å²) >= 11 is 0. The number of nitrogens with zero attached hydrogens (tertiary/aromatic N) is 1. The summed E-state index contributed by atoms with van der Waals surface area (Å²) in [5, 5.41) is 9.02. The van der Waals surface area contributed by atoms with E-state index in [1.807, 2.05) is 20.8 Å². The molecule has 1 aromatic carbocycles. The highest BCUT2D eigenvalue weighted by molar-refractivity contribution is 5.92. The van der Waals surface area contributed by atoms with Crippen LogP contribution in [0.5, 0.6) is 0 Å². The van der Waals surface area contributed by atoms with Crippen molar-refractivity contribution in [2.24, 2.45) is 0 Å². The Hall–Kier alpha value is -2.44. The van der Waals surface area contributed by atoms with Crippen LogP contribution in [0.25, 0.3) is 0 Å². The molecule has 0 aliphatic rings. The van der Waals surface area contributed by atoms with Crippen LogP contribution in [0, 0.1) is 11.6 Å². The van der Waals surface area contributed by atoms with Gasteiger partial charge in [0.25, 0.3) is 0 Å². The quantitative estimate of drug-likeness (QED) is 0.909. The third-order valence-electron chi connectivity index (χ3n) is 2.86. The van der Waals surface area contributed by atoms with Crippen molar-refractivity contribution in [2.75, 3.05) is 17.2 Å². The van der Waals surface area contributed by atoms with Crippen molar-refractivity contribution in [1.29, 1.82) is 0 Å². The number of amides is 1. The Morgan fingerprint density at radius 1 is 1.18 bits per heavy atom. The van der Waals surface area contributed by atoms with Crippen LogP contribution in [0.1, 0.15) is 26.5 Å². The molecule has 0 bridgehead atoms. The number of halogens is 2. The number of benzene rings is 1. The third-order valence-corrected chi connectivity index (χ3v) is 2.86. The summed E-state index contributed by atoms with van der Waals surface area (Å²) in [5.74, 6) is -1.62. The fraction of sp³-hybridized carbons (Fsp3) is 0.333. The third kappa shape index (κ3) is 4.28. The van der Waals surface area contributed by atoms with Gasteiger partial charge in [-0.1, -0.05) is 25.9 Å². The molecule has 0 spiro atoms. The highest BCUT2D eigenvalue weighted by Gasteiger charge is 2.19. The van der Waals surface area contributed by atoms with Crippen molar-refractivity contribution in [3.8, 4) is 0 Å². The molecule has 0 fully saturated rings. The highest BCUT2D eigenvalue weighted by Crippen LogP contribution is 2.23. The zero-order valence-corrected chi connectivity index (χ0v) is 12.5. The van der Waals surface area contributed by atoms with Gasteiger partial charge in [-0.15, -0.1) is 0 Å². The van der Waals surface area contributed by atoms with Gasteiger partial charge in [-0.25, -0.2) is 8.78 Å². The van der Waals surface area contributed by atoms with Gasteiger partial charge in [0, 0.05) is 23.2 Å². The number of rotatable bonds is 4. The van der Waals surface area contributed by atoms with Gasteiger partial charge in [-0.05, 0) is 12.1 Å². The van der Waals surface area contributed by atoms with Gasteiger partial charge in [0.05, 0.1) is 12.2 Å². The Balaban J connectivity index is 1.92. The molecule has 1 heterocycles. The first-order valence-electron chi connectivity index (χ1n) is 6.71. The van der Waals surface area contributed by atoms with Crippen molar-refractivity contribution in [3.63, 3.8) is 0 Å². The maximum Gasteiger partial charge on any atom is 0.246 e. The van der Waals surface area contributed by atoms with Crippen LogP contribution in [0.15, 0.2) is 28.8 Å². The average Bonchev–Trinajstić information content (AvgIpc) is 2.83. The lowest BCUT2D eigenvalue weighted by molar-refractivity contribution is -0.114. The van der Waals surface area contributed by atoms with E-state index < -0.39 is 17.5 Å². The Bertz CT molecular complexity index is 657. The van der Waals surface area contributed by atoms with Crippen LogP contribution in [-0.4, -0.2) is 17.6 Å². The predicted octanol–water partition coefficient (Wildman–Crippen LogP) is 3.30. The number of hydrogen-bond acceptors (Lipinski definition) is 4. The molecule has 1 aromatic heterocycles. The van der Waals surface area contributed by atoms with Gasteiger partial charge in [-0.3, -0.25) is 10.1 Å². The molecule has 1 amide bonds. The van der Waals surface area contributed by atoms with Crippen LogP contribution >= 0.6 is 0 Å². The smallest absolute Gasteiger partial charge is 0.246 e. The number of carbonyl (C=O) groups is 1. The van der Waals surface area contributed by atoms with E-state index in [-0.39, 0.29) is 23.5 Å². The molecular weight excluding hydrogens is 292 g/mol. The Kier molecular flexibility index (Phi) is 4.44. The second kappa shape index (κ2) is 6.13. The number of hydrogen-bond donors (Lipinski definition) is 2. The topological polar surface area (TPSA) is 67.2 Å². The lowest BCUT2D eigenvalue weighted by atomic mass is 9.92. The molecule has 0 atom stereocenters. The molecule has 0 aliphatic carbocycles. The Morgan fingerprint density at radius 3 is 2.36 bits per heavy atom. The minimum absolute atomic E-state index is 0.158. The summed E-state index contributed by atoms with van der Waals surface area (Å²) < 4.78 is 31.0. The Morgan fingerprint density at radius 2 is 1.82 bits per heavy atom. The number of anilines is 2. The van der Waals surface area contributed by atoms with Crippen molar-refractivity contribution in [2.45, 2.75) is 26.2 Å². The monoisotopic (exact) mass is 309 g/mol. The van der Waals surface area contributed by atoms with Crippen molar-refractivity contribution in [1.82, 2.24) is 5.16 Å². The van der Waals surface area contributed by atoms with E-state index in [0.29, 0.717) is 5.69 Å². The molecule has 2 N–H and O–H groups in total. The summed E-state index contributed by atoms with van der Waals surface area (Å²) in [7, 11) is 0. The molecule has 2 aromatic rings. The summed E-state index contributed by atoms with van der Waals surface area (Å²) in [6.07, 6.45) is 0. The van der Waals surface area contributed by atoms with E-state index in [9.17, 15) is 13.6 Å². The second-order valence-electron chi connectivity index (χ2n) is 5.89. The van der Waals surface area contributed by atoms with E-state index in [1.165, 1.54) is 0 Å². The van der Waals surface area contributed by atoms with E-state index >= 15 is 0 Å². The fourth-order valence-corrected chi connectivity index (χ4v) is 1.71. The normalized spacial score (nSPS) is 11.3. The predicted molar refractivity (Wildman–Crippen MR) is 78.7 cm³/mol. The zero-order valence-electron chi connectivity index (χ0n) is 12.5. The lowest BCUT2D eigenvalue weighted by Crippen LogP contribution is -2.21. The first-order valence-corrected chi connectivity index (χ1v) is 6.71. The molecule has 7 heteroatoms. The minimum Gasteiger partial charge on any atom is -0.376 e. The standard InChI is InChI=1S/C15H17F2N3O2/c1-15(2,3)12-7-14(22-20-12)19-13(21)8-18-11-5-9(16)4-10(17)6-11/h4-7,18H,8H2,1-3H3,(H,19,21). The van der Waals surface area contributed by atoms with Crippen LogP contribution in [0.4, 0.5) is 20.4 Å². The molecule has 0 saturated heterocycles. The molecule has 118 valence electrons. The summed E-state index contributed by atoms with van der Waals surface area (Å²) in [6.45, 7) is 5.75. The first kappa shape index (κ1) is 15.9. The molecule has 0 unspecified atom stereocenters. The van der Waals surface area contributed by atoms with Gasteiger partial charge in [0.15, 0.2) is 0 Å². The van der Waals surface area contributed by atoms with E-state index in [0.717, 1.165) is 18.2 Å². The first-order chi connectivity index (χ1) is 10.2. The average molecular weight is 309 g/mol. The van der Waals surface area contributed by atoms with Gasteiger partial charge >= 0.3 is 0 Å². The number of nitrogens with one attached hydrogen (secondary N) is 2. The van der Waals surface area contributed by atoms with E-state index in [2.05, 4.69) is 15.8 Å². The summed E-state index contributed by atoms with van der Waals surface area (Å²) in [6, 6.07) is 4.60. The molecule has 0 radical (unpaired) electrons. The fourth-order valence-electron chi connectivity index (χ4n) is 1.71. The maximum atomic E-state index is 13.0. The molecule has 22 heavy (non-hydrogen) atoms. The summed E-state index contributed by atoms with van der Waals surface area (Å²) in [5.41, 5.74) is 0.702. The van der Waals surface area contributed by atoms with Gasteiger partial charge in [0.2, 0.25) is 11.8 Å². The van der Waals surface area contributed by atoms with Gasteiger partial charge in [-0.2, -0.15) is 0 Å². The zero-order chi connectivity index (χ0) is 16.3. The molecule has 0 aliphatic heterocycles. The van der Waals surface area contributed by atoms with Crippen LogP contribution in [-0.2, 0) is 10.2 Å². The van der Waals surface area contributed by atoms with Crippen molar-refractivity contribution >= 4 is 17.5 Å². The maximum absolute atomic E-state index is 13.0. The second-order valence-corrected chi connectivity index (χ2v) is 5.89. The van der Waals surface area contributed by atoms with Crippen LogP contribution in [0.2, 0.25) is 0 Å². The minimum atomic E-state index is -0.715. The van der Waals surface area contributed by atoms with Crippen molar-refractivity contribution < 1.29 is 18.1 Å². The number of carbonyl (C=O) groups excluding carboxylic acids is 1. The van der Waals surface area contributed by atoms with E-state index in [1.54, 1.807) is 6.07 Å². The number of aromatic nitrogens is 1. The van der Waals surface area contributed by atoms with Crippen LogP contribution in [0.3, 0.4) is 0 Å². The summed E-state index contributed by atoms with van der Waals surface area (Å²) in [4.78, 5) is 11.8. The SMILES string of the molecule is CC(C)(C)c1cc(NC(=O)CNc2cc(F)cc(F)c2)on1. The molecule has 5 nitrogen and oxygen atoms in total. The largest absolute Gasteiger partial charge is 0.376 e. The lowest BCUT2D eigenvalue weighted by Gasteiger charge is -2.12. The van der Waals surface area contributed by atoms with Gasteiger partial charge < -0.3 is 9.84 Å². The highest BCUT2D eigenvalue weighted by atomic mass is 19.1. The van der Waals surface area contributed by atoms with Crippen molar-refractivity contribution in [3.05, 3.63) is 41.6 Å². The Labute approximate surface area is 126 Å². The van der Waals surface area contributed by atoms with Gasteiger partial charge in [0.1, 0.15) is 11.6 Å². The molecule has 0 saturated carbocycles. The van der Waals surface area contributed by atoms with E-state index in [4.69, 9.17) is 4.52 Å². The van der Waals surface area contributed by atoms with Crippen LogP contribution < -0.4 is 10.6 Å². The molecule has 2 rings (SSSR count).